The lowest BCUT2D eigenvalue weighted by atomic mass is 10.2. The number of rotatable bonds is 6. The average molecular weight is 354 g/mol. The first-order chi connectivity index (χ1) is 10.9. The van der Waals surface area contributed by atoms with E-state index >= 15 is 0 Å². The van der Waals surface area contributed by atoms with Gasteiger partial charge in [-0.25, -0.2) is 0 Å². The first-order valence-corrected chi connectivity index (χ1v) is 8.10. The van der Waals surface area contributed by atoms with E-state index in [4.69, 9.17) is 17.3 Å². The van der Waals surface area contributed by atoms with Gasteiger partial charge in [0.1, 0.15) is 12.4 Å². The van der Waals surface area contributed by atoms with Crippen LogP contribution in [0.25, 0.3) is 0 Å². The quantitative estimate of drug-likeness (QED) is 0.770. The van der Waals surface area contributed by atoms with E-state index in [0.717, 1.165) is 5.56 Å². The number of thioether (sulfide) groups is 1. The molecular formula is C14H16ClN5O2S. The molecule has 0 bridgehead atoms. The second-order valence-corrected chi connectivity index (χ2v) is 6.25. The van der Waals surface area contributed by atoms with E-state index in [-0.39, 0.29) is 18.2 Å². The van der Waals surface area contributed by atoms with Crippen LogP contribution in [0.15, 0.2) is 23.4 Å². The average Bonchev–Trinajstić information content (AvgIpc) is 2.80. The minimum absolute atomic E-state index is 0.0213. The molecule has 0 saturated carbocycles. The van der Waals surface area contributed by atoms with Gasteiger partial charge in [0.05, 0.1) is 16.5 Å². The van der Waals surface area contributed by atoms with Gasteiger partial charge in [0.2, 0.25) is 11.8 Å². The van der Waals surface area contributed by atoms with Crippen LogP contribution in [-0.4, -0.2) is 32.3 Å². The second kappa shape index (κ2) is 7.47. The molecule has 0 aliphatic carbocycles. The summed E-state index contributed by atoms with van der Waals surface area (Å²) in [6, 6.07) is 5.39. The van der Waals surface area contributed by atoms with Crippen molar-refractivity contribution >= 4 is 40.9 Å². The zero-order chi connectivity index (χ0) is 17.0. The molecule has 1 aromatic carbocycles. The van der Waals surface area contributed by atoms with Gasteiger partial charge in [-0.1, -0.05) is 29.4 Å². The Morgan fingerprint density at radius 3 is 2.74 bits per heavy atom. The van der Waals surface area contributed by atoms with E-state index in [9.17, 15) is 9.59 Å². The van der Waals surface area contributed by atoms with Crippen LogP contribution < -0.4 is 11.1 Å². The summed E-state index contributed by atoms with van der Waals surface area (Å²) in [6.07, 6.45) is 0. The third-order valence-corrected chi connectivity index (χ3v) is 4.23. The smallest absolute Gasteiger partial charge is 0.237 e. The van der Waals surface area contributed by atoms with Crippen LogP contribution in [0.2, 0.25) is 5.02 Å². The highest BCUT2D eigenvalue weighted by Gasteiger charge is 2.14. The van der Waals surface area contributed by atoms with Gasteiger partial charge in [-0.3, -0.25) is 14.2 Å². The van der Waals surface area contributed by atoms with Gasteiger partial charge in [-0.15, -0.1) is 10.2 Å². The Bertz CT molecular complexity index is 747. The van der Waals surface area contributed by atoms with E-state index in [1.165, 1.54) is 11.8 Å². The van der Waals surface area contributed by atoms with E-state index in [1.807, 2.05) is 13.0 Å². The highest BCUT2D eigenvalue weighted by atomic mass is 35.5. The van der Waals surface area contributed by atoms with E-state index < -0.39 is 5.91 Å². The number of carbonyl (C=O) groups excluding carboxylic acids is 2. The molecule has 2 rings (SSSR count). The SMILES string of the molecule is Cc1ccc(NC(=O)CSc2nnc(C)n2CC(N)=O)c(Cl)c1. The standard InChI is InChI=1S/C14H16ClN5O2S/c1-8-3-4-11(10(15)5-8)17-13(22)7-23-14-19-18-9(2)20(14)6-12(16)21/h3-5H,6-7H2,1-2H3,(H2,16,21)(H,17,22). The predicted octanol–water partition coefficient (Wildman–Crippen LogP) is 1.76. The number of nitrogens with two attached hydrogens (primary N) is 1. The fourth-order valence-corrected chi connectivity index (χ4v) is 2.91. The number of anilines is 1. The maximum absolute atomic E-state index is 12.0. The Kier molecular flexibility index (Phi) is 5.62. The Morgan fingerprint density at radius 2 is 2.09 bits per heavy atom. The molecule has 0 aliphatic rings. The Labute approximate surface area is 142 Å². The molecule has 3 N–H and O–H groups in total. The van der Waals surface area contributed by atoms with Crippen LogP contribution in [0.3, 0.4) is 0 Å². The van der Waals surface area contributed by atoms with Crippen LogP contribution in [0, 0.1) is 13.8 Å². The number of hydrogen-bond acceptors (Lipinski definition) is 5. The van der Waals surface area contributed by atoms with Gasteiger partial charge in [0.15, 0.2) is 5.16 Å². The lowest BCUT2D eigenvalue weighted by Gasteiger charge is -2.08. The molecule has 1 heterocycles. The van der Waals surface area contributed by atoms with Gasteiger partial charge in [0.25, 0.3) is 0 Å². The van der Waals surface area contributed by atoms with E-state index in [2.05, 4.69) is 15.5 Å². The summed E-state index contributed by atoms with van der Waals surface area (Å²) >= 11 is 7.25. The minimum Gasteiger partial charge on any atom is -0.368 e. The number of halogens is 1. The number of nitrogens with zero attached hydrogens (tertiary/aromatic N) is 3. The van der Waals surface area contributed by atoms with Crippen molar-refractivity contribution in [1.29, 1.82) is 0 Å². The predicted molar refractivity (Wildman–Crippen MR) is 89.5 cm³/mol. The summed E-state index contributed by atoms with van der Waals surface area (Å²) in [6.45, 7) is 3.61. The topological polar surface area (TPSA) is 103 Å². The van der Waals surface area contributed by atoms with Crippen molar-refractivity contribution in [2.75, 3.05) is 11.1 Å². The lowest BCUT2D eigenvalue weighted by Crippen LogP contribution is -2.20. The number of aromatic nitrogens is 3. The Balaban J connectivity index is 1.98. The van der Waals surface area contributed by atoms with Crippen molar-refractivity contribution in [3.05, 3.63) is 34.6 Å². The molecule has 0 fully saturated rings. The van der Waals surface area contributed by atoms with Gasteiger partial charge in [-0.05, 0) is 31.5 Å². The van der Waals surface area contributed by atoms with E-state index in [1.54, 1.807) is 23.6 Å². The number of carbonyl (C=O) groups is 2. The molecule has 0 radical (unpaired) electrons. The number of primary amides is 1. The summed E-state index contributed by atoms with van der Waals surface area (Å²) < 4.78 is 1.57. The van der Waals surface area contributed by atoms with Crippen LogP contribution in [0.1, 0.15) is 11.4 Å². The summed E-state index contributed by atoms with van der Waals surface area (Å²) in [7, 11) is 0. The number of nitrogens with one attached hydrogen (secondary N) is 1. The monoisotopic (exact) mass is 353 g/mol. The van der Waals surface area contributed by atoms with Crippen molar-refractivity contribution < 1.29 is 9.59 Å². The normalized spacial score (nSPS) is 10.6. The Hall–Kier alpha value is -2.06. The van der Waals surface area contributed by atoms with Gasteiger partial charge in [0, 0.05) is 0 Å². The van der Waals surface area contributed by atoms with Gasteiger partial charge in [-0.2, -0.15) is 0 Å². The molecule has 122 valence electrons. The van der Waals surface area contributed by atoms with Crippen LogP contribution in [0.5, 0.6) is 0 Å². The molecule has 2 aromatic rings. The third kappa shape index (κ3) is 4.70. The molecule has 1 aromatic heterocycles. The molecule has 0 saturated heterocycles. The number of hydrogen-bond donors (Lipinski definition) is 2. The zero-order valence-electron chi connectivity index (χ0n) is 12.7. The molecule has 23 heavy (non-hydrogen) atoms. The first-order valence-electron chi connectivity index (χ1n) is 6.73. The highest BCUT2D eigenvalue weighted by Crippen LogP contribution is 2.23. The molecule has 9 heteroatoms. The summed E-state index contributed by atoms with van der Waals surface area (Å²) in [5.74, 6) is -0.0489. The summed E-state index contributed by atoms with van der Waals surface area (Å²) in [4.78, 5) is 23.1. The van der Waals surface area contributed by atoms with Crippen LogP contribution in [-0.2, 0) is 16.1 Å². The fraction of sp³-hybridized carbons (Fsp3) is 0.286. The molecule has 0 atom stereocenters. The minimum atomic E-state index is -0.495. The summed E-state index contributed by atoms with van der Waals surface area (Å²) in [5.41, 5.74) is 6.75. The van der Waals surface area contributed by atoms with Crippen molar-refractivity contribution in [2.24, 2.45) is 5.73 Å². The van der Waals surface area contributed by atoms with Gasteiger partial charge < -0.3 is 11.1 Å². The largest absolute Gasteiger partial charge is 0.368 e. The number of amides is 2. The second-order valence-electron chi connectivity index (χ2n) is 4.90. The molecular weight excluding hydrogens is 338 g/mol. The maximum Gasteiger partial charge on any atom is 0.237 e. The third-order valence-electron chi connectivity index (χ3n) is 2.95. The highest BCUT2D eigenvalue weighted by molar-refractivity contribution is 7.99. The van der Waals surface area contributed by atoms with Crippen molar-refractivity contribution in [1.82, 2.24) is 14.8 Å². The molecule has 7 nitrogen and oxygen atoms in total. The Morgan fingerprint density at radius 1 is 1.35 bits per heavy atom. The first kappa shape index (κ1) is 17.3. The molecule has 0 unspecified atom stereocenters. The van der Waals surface area contributed by atoms with Crippen molar-refractivity contribution in [3.63, 3.8) is 0 Å². The van der Waals surface area contributed by atoms with Gasteiger partial charge >= 0.3 is 0 Å². The van der Waals surface area contributed by atoms with Crippen LogP contribution in [0.4, 0.5) is 5.69 Å². The van der Waals surface area contributed by atoms with Crippen molar-refractivity contribution in [3.8, 4) is 0 Å². The molecule has 0 aliphatic heterocycles. The molecule has 0 spiro atoms. The number of benzene rings is 1. The zero-order valence-corrected chi connectivity index (χ0v) is 14.2. The number of aryl methyl sites for hydroxylation is 2. The fourth-order valence-electron chi connectivity index (χ4n) is 1.84. The van der Waals surface area contributed by atoms with E-state index in [0.29, 0.717) is 21.7 Å². The van der Waals surface area contributed by atoms with Crippen LogP contribution >= 0.6 is 23.4 Å². The lowest BCUT2D eigenvalue weighted by molar-refractivity contribution is -0.118. The summed E-state index contributed by atoms with van der Waals surface area (Å²) in [5, 5.41) is 11.5. The molecule has 2 amide bonds. The maximum atomic E-state index is 12.0. The van der Waals surface area contributed by atoms with Crippen molar-refractivity contribution in [2.45, 2.75) is 25.5 Å².